The summed E-state index contributed by atoms with van der Waals surface area (Å²) in [5, 5.41) is 7.67. The number of hydrazine groups is 2. The second-order valence-electron chi connectivity index (χ2n) is 11.9. The van der Waals surface area contributed by atoms with Crippen molar-refractivity contribution < 1.29 is 52.5 Å². The van der Waals surface area contributed by atoms with Crippen molar-refractivity contribution in [3.8, 4) is 0 Å². The molecule has 1 saturated heterocycles. The number of nitrogens with one attached hydrogen (secondary N) is 2. The van der Waals surface area contributed by atoms with E-state index in [4.69, 9.17) is 35.4 Å². The van der Waals surface area contributed by atoms with Crippen LogP contribution in [-0.4, -0.2) is 81.4 Å². The van der Waals surface area contributed by atoms with E-state index in [2.05, 4.69) is 10.3 Å². The molecule has 0 spiro atoms. The van der Waals surface area contributed by atoms with Crippen molar-refractivity contribution >= 4 is 35.7 Å². The molecule has 6 rings (SSSR count). The second-order valence-corrected chi connectivity index (χ2v) is 11.9. The van der Waals surface area contributed by atoms with Gasteiger partial charge in [0.05, 0.1) is 28.8 Å². The van der Waals surface area contributed by atoms with Crippen molar-refractivity contribution in [1.29, 1.82) is 0 Å². The fourth-order valence-electron chi connectivity index (χ4n) is 5.69. The molecule has 6 N–H and O–H groups in total. The first-order chi connectivity index (χ1) is 27.2. The van der Waals surface area contributed by atoms with Gasteiger partial charge in [-0.15, -0.1) is 5.10 Å². The number of amides is 2. The van der Waals surface area contributed by atoms with Crippen LogP contribution < -0.4 is 22.5 Å². The molecular formula is C38H33N7O11. The molecule has 1 aliphatic heterocycles. The fraction of sp³-hybridized carbons (Fsp3) is 0.158. The molecule has 1 aromatic heterocycles. The topological polar surface area (TPSA) is 255 Å². The van der Waals surface area contributed by atoms with Crippen molar-refractivity contribution in [2.75, 3.05) is 0 Å². The van der Waals surface area contributed by atoms with Crippen LogP contribution in [0.5, 0.6) is 0 Å². The number of hydrogen-bond donors (Lipinski definition) is 4. The number of nitrogens with zero attached hydrogens (tertiary/aromatic N) is 3. The minimum atomic E-state index is -1.87. The zero-order valence-corrected chi connectivity index (χ0v) is 29.1. The van der Waals surface area contributed by atoms with E-state index in [1.807, 2.05) is 10.9 Å². The minimum Gasteiger partial charge on any atom is -0.452 e. The molecule has 0 radical (unpaired) electrons. The maximum absolute atomic E-state index is 13.8. The van der Waals surface area contributed by atoms with Crippen LogP contribution in [-0.2, 0) is 30.2 Å². The smallest absolute Gasteiger partial charge is 0.340 e. The van der Waals surface area contributed by atoms with Crippen LogP contribution in [0.2, 0.25) is 0 Å². The van der Waals surface area contributed by atoms with Crippen molar-refractivity contribution in [3.05, 3.63) is 155 Å². The molecule has 4 aromatic carbocycles. The van der Waals surface area contributed by atoms with Gasteiger partial charge in [-0.25, -0.2) is 35.5 Å². The van der Waals surface area contributed by atoms with Gasteiger partial charge in [0.2, 0.25) is 12.4 Å². The summed E-state index contributed by atoms with van der Waals surface area (Å²) in [5.41, 5.74) is 2.99. The lowest BCUT2D eigenvalue weighted by molar-refractivity contribution is -0.280. The first kappa shape index (κ1) is 38.4. The van der Waals surface area contributed by atoms with Gasteiger partial charge in [0.15, 0.2) is 23.6 Å². The number of nitrogen functional groups attached to an aromatic ring is 2. The number of rotatable bonds is 12. The Kier molecular flexibility index (Phi) is 12.1. The van der Waals surface area contributed by atoms with Crippen LogP contribution in [0, 0.1) is 0 Å². The lowest BCUT2D eigenvalue weighted by atomic mass is 9.97. The van der Waals surface area contributed by atoms with E-state index in [1.165, 1.54) is 48.5 Å². The molecule has 18 heteroatoms. The van der Waals surface area contributed by atoms with E-state index < -0.39 is 84.3 Å². The van der Waals surface area contributed by atoms with Gasteiger partial charge in [-0.1, -0.05) is 78.0 Å². The van der Waals surface area contributed by atoms with Crippen LogP contribution in [0.15, 0.2) is 121 Å². The average Bonchev–Trinajstić information content (AvgIpc) is 3.67. The number of benzene rings is 4. The molecular weight excluding hydrogens is 730 g/mol. The Labute approximate surface area is 317 Å². The first-order valence-corrected chi connectivity index (χ1v) is 16.8. The first-order valence-electron chi connectivity index (χ1n) is 16.8. The van der Waals surface area contributed by atoms with E-state index in [1.54, 1.807) is 72.8 Å². The van der Waals surface area contributed by atoms with Gasteiger partial charge in [0.25, 0.3) is 11.8 Å². The molecule has 5 aromatic rings. The highest BCUT2D eigenvalue weighted by atomic mass is 16.7. The third-order valence-corrected chi connectivity index (χ3v) is 8.36. The predicted octanol–water partition coefficient (Wildman–Crippen LogP) is 1.74. The summed E-state index contributed by atoms with van der Waals surface area (Å²) < 4.78 is 31.0. The molecule has 2 heterocycles. The Morgan fingerprint density at radius 2 is 0.946 bits per heavy atom. The van der Waals surface area contributed by atoms with Gasteiger partial charge in [-0.3, -0.25) is 20.4 Å². The third-order valence-electron chi connectivity index (χ3n) is 8.36. The van der Waals surface area contributed by atoms with E-state index in [-0.39, 0.29) is 22.3 Å². The highest BCUT2D eigenvalue weighted by molar-refractivity contribution is 6.04. The number of aromatic nitrogens is 3. The number of carbonyl (C=O) groups excluding carboxylic acids is 6. The average molecular weight is 764 g/mol. The lowest BCUT2D eigenvalue weighted by Crippen LogP contribution is -2.63. The molecule has 2 amide bonds. The van der Waals surface area contributed by atoms with Gasteiger partial charge in [-0.2, -0.15) is 0 Å². The molecule has 0 unspecified atom stereocenters. The molecule has 286 valence electrons. The molecule has 1 fully saturated rings. The normalized spacial score (nSPS) is 18.8. The van der Waals surface area contributed by atoms with Crippen molar-refractivity contribution in [2.24, 2.45) is 11.7 Å². The summed E-state index contributed by atoms with van der Waals surface area (Å²) in [5.74, 6) is 4.92. The van der Waals surface area contributed by atoms with E-state index in [9.17, 15) is 28.8 Å². The number of nitrogens with two attached hydrogens (primary N) is 2. The molecule has 0 saturated carbocycles. The summed E-state index contributed by atoms with van der Waals surface area (Å²) in [6.45, 7) is -0.599. The Hall–Kier alpha value is -7.28. The molecule has 0 aliphatic carbocycles. The largest absolute Gasteiger partial charge is 0.452 e. The van der Waals surface area contributed by atoms with Gasteiger partial charge in [-0.05, 0) is 48.5 Å². The van der Waals surface area contributed by atoms with Gasteiger partial charge in [0, 0.05) is 0 Å². The van der Waals surface area contributed by atoms with Crippen molar-refractivity contribution in [1.82, 2.24) is 25.8 Å². The van der Waals surface area contributed by atoms with Crippen LogP contribution >= 0.6 is 0 Å². The Balaban J connectivity index is 1.49. The number of esters is 4. The minimum absolute atomic E-state index is 0.0604. The quantitative estimate of drug-likeness (QED) is 0.0464. The standard InChI is InChI=1S/C38H33N7O11/c39-41-32(46)27-28(33(47)42-40)45(44-43-27)21-26-29(53-34(48)22-13-5-1-6-14-22)30(54-35(49)23-15-7-2-8-16-23)31(55-36(50)24-17-9-3-10-18-24)38(52-26)56-37(51)25-19-11-4-12-20-25/h1-20,26,29-31,38H,21,39-40H2,(H,41,46)(H,42,47)/t26-,29-,30+,31-,38-/m1/s1. The molecule has 0 bridgehead atoms. The van der Waals surface area contributed by atoms with Gasteiger partial charge in [0.1, 0.15) is 6.10 Å². The molecule has 18 nitrogen and oxygen atoms in total. The van der Waals surface area contributed by atoms with Gasteiger partial charge >= 0.3 is 23.9 Å². The SMILES string of the molecule is NNC(=O)c1nnn(C[C@H]2O[C@H](OC(=O)c3ccccc3)[C@H](OC(=O)c3ccccc3)[C@@H](OC(=O)c3ccccc3)[C@@H]2OC(=O)c2ccccc2)c1C(=O)NN. The second kappa shape index (κ2) is 17.7. The molecule has 56 heavy (non-hydrogen) atoms. The van der Waals surface area contributed by atoms with Crippen molar-refractivity contribution in [3.63, 3.8) is 0 Å². The Morgan fingerprint density at radius 3 is 1.38 bits per heavy atom. The summed E-state index contributed by atoms with van der Waals surface area (Å²) in [6.07, 6.45) is -8.72. The van der Waals surface area contributed by atoms with E-state index in [0.29, 0.717) is 0 Å². The number of ether oxygens (including phenoxy) is 5. The maximum Gasteiger partial charge on any atom is 0.340 e. The molecule has 1 aliphatic rings. The molecule has 5 atom stereocenters. The lowest BCUT2D eigenvalue weighted by Gasteiger charge is -2.44. The van der Waals surface area contributed by atoms with Crippen LogP contribution in [0.3, 0.4) is 0 Å². The third kappa shape index (κ3) is 8.74. The summed E-state index contributed by atoms with van der Waals surface area (Å²) in [6, 6.07) is 31.0. The maximum atomic E-state index is 13.8. The highest BCUT2D eigenvalue weighted by Crippen LogP contribution is 2.33. The number of carbonyl (C=O) groups is 6. The number of hydrogen-bond acceptors (Lipinski definition) is 15. The zero-order chi connectivity index (χ0) is 39.6. The van der Waals surface area contributed by atoms with Crippen LogP contribution in [0.4, 0.5) is 0 Å². The summed E-state index contributed by atoms with van der Waals surface area (Å²) in [4.78, 5) is 80.4. The van der Waals surface area contributed by atoms with Crippen LogP contribution in [0.1, 0.15) is 62.4 Å². The predicted molar refractivity (Wildman–Crippen MR) is 191 cm³/mol. The Bertz CT molecular complexity index is 2190. The van der Waals surface area contributed by atoms with Crippen molar-refractivity contribution in [2.45, 2.75) is 37.3 Å². The Morgan fingerprint density at radius 1 is 0.554 bits per heavy atom. The summed E-state index contributed by atoms with van der Waals surface area (Å²) >= 11 is 0. The van der Waals surface area contributed by atoms with E-state index in [0.717, 1.165) is 4.68 Å². The van der Waals surface area contributed by atoms with Crippen LogP contribution in [0.25, 0.3) is 0 Å². The highest BCUT2D eigenvalue weighted by Gasteiger charge is 2.55. The summed E-state index contributed by atoms with van der Waals surface area (Å²) in [7, 11) is 0. The fourth-order valence-corrected chi connectivity index (χ4v) is 5.69. The monoisotopic (exact) mass is 763 g/mol. The van der Waals surface area contributed by atoms with E-state index >= 15 is 0 Å². The van der Waals surface area contributed by atoms with Gasteiger partial charge < -0.3 is 23.7 Å². The zero-order valence-electron chi connectivity index (χ0n) is 29.1.